The van der Waals surface area contributed by atoms with Crippen molar-refractivity contribution in [1.82, 2.24) is 4.90 Å². The zero-order valence-electron chi connectivity index (χ0n) is 68.4. The molecule has 1 aliphatic heterocycles. The van der Waals surface area contributed by atoms with Gasteiger partial charge in [0.2, 0.25) is 0 Å². The maximum absolute atomic E-state index is 15.8. The highest BCUT2D eigenvalue weighted by atomic mass is 32.2. The molecular formula is C114H106F2N2S. The minimum Gasteiger partial charge on any atom is -0.334 e. The predicted octanol–water partition coefficient (Wildman–Crippen LogP) is 29.8. The number of halogens is 2. The van der Waals surface area contributed by atoms with E-state index < -0.39 is 23.2 Å². The normalized spacial score (nSPS) is 28.7. The number of hydrogen-bond acceptors (Lipinski definition) is 3. The molecule has 1 heterocycles. The SMILES string of the molecule is C=Cc1ccc(-c2ccc(C3(C4=CCC(F)CC4)C4=C(CCC=C4)c4ccc(N(c5ccc6c(c5)SC5C=C(N(C7=CCC(C8=CC(C9C=CC=CC9)=CCC8)C=C7)C7=CC8=C(CC7)c7ccccc7C8(C7=CCC(c8ccc(C=C)cc8)C=C7)C7=CCC(F)CC7)C=CC65)C5C=CC(C6=CC=CC(C7C=CCCC7)C6)=CC5)cc43)cc2)cc1. The third-order valence-corrected chi connectivity index (χ3v) is 30.5. The standard InChI is InChI=1S/C114H106F2N2S/c1-3-75-29-33-79(34-30-75)81-37-45-89(46-38-81)113(91-49-53-93(115)54-50-91)107-27-13-11-25-101(107)103-65-61-97(71-109(103)113)117(95-57-41-83(42-58-95)87-23-15-21-85(69-87)77-17-7-5-8-18-77)99-63-67-105-106-68-64-100(74-112(106)119-111(105)73-99)118(96-59-43-84(44-60-96)88-24-16-22-86(70-88)78-19-9-6-10-20-78)98-62-66-104-102-26-12-14-28-108(102)114(110(104)72-98,92-51-55-94(116)56-52-92)90-47-39-82(40-48-90)80-35-31-76(4-2)32-36-80/h3-5,7-9,11,13-14,16-17,19,21-22,24-25,27-37,39-41,43-49,51,57-59,62-64,66-69,71-74,77-78,81,83,86,93-94,96,105,111H,1-2,6,10,12,15,18,20,23,26,38,42,50,52-56,60-61,65,70H2. The first kappa shape index (κ1) is 75.6. The lowest BCUT2D eigenvalue weighted by atomic mass is 9.61. The van der Waals surface area contributed by atoms with Crippen molar-refractivity contribution in [3.05, 3.63) is 434 Å². The van der Waals surface area contributed by atoms with Gasteiger partial charge in [0.15, 0.2) is 0 Å². The quantitative estimate of drug-likeness (QED) is 0.0792. The highest BCUT2D eigenvalue weighted by Crippen LogP contribution is 2.64. The summed E-state index contributed by atoms with van der Waals surface area (Å²) in [6.07, 6.45) is 88.3. The third-order valence-electron chi connectivity index (χ3n) is 29.2. The highest BCUT2D eigenvalue weighted by molar-refractivity contribution is 8.00. The minimum absolute atomic E-state index is 0.0195. The topological polar surface area (TPSA) is 6.48 Å². The maximum Gasteiger partial charge on any atom is 0.104 e. The molecule has 592 valence electrons. The van der Waals surface area contributed by atoms with Gasteiger partial charge >= 0.3 is 0 Å². The van der Waals surface area contributed by atoms with Gasteiger partial charge in [-0.15, -0.1) is 11.8 Å². The van der Waals surface area contributed by atoms with E-state index in [9.17, 15) is 0 Å². The number of anilines is 2. The van der Waals surface area contributed by atoms with E-state index in [0.717, 1.165) is 81.8 Å². The number of allylic oxidation sites excluding steroid dienone is 37. The van der Waals surface area contributed by atoms with Gasteiger partial charge < -0.3 is 9.80 Å². The van der Waals surface area contributed by atoms with Crippen LogP contribution in [0.2, 0.25) is 0 Å². The van der Waals surface area contributed by atoms with E-state index in [-0.39, 0.29) is 23.1 Å². The molecule has 0 radical (unpaired) electrons. The first-order valence-electron chi connectivity index (χ1n) is 44.7. The second kappa shape index (κ2) is 32.0. The molecule has 5 heteroatoms. The van der Waals surface area contributed by atoms with Crippen LogP contribution < -0.4 is 4.90 Å². The minimum atomic E-state index is -0.854. The molecule has 14 aliphatic carbocycles. The van der Waals surface area contributed by atoms with Crippen molar-refractivity contribution in [3.8, 4) is 11.1 Å². The van der Waals surface area contributed by atoms with Gasteiger partial charge in [0.05, 0.1) is 16.9 Å². The second-order valence-corrected chi connectivity index (χ2v) is 36.9. The molecule has 0 fully saturated rings. The maximum atomic E-state index is 15.8. The molecule has 21 rings (SSSR count). The Hall–Kier alpha value is -10.9. The van der Waals surface area contributed by atoms with Gasteiger partial charge in [0.25, 0.3) is 0 Å². The van der Waals surface area contributed by atoms with Crippen molar-refractivity contribution in [1.29, 1.82) is 0 Å². The Labute approximate surface area is 708 Å². The van der Waals surface area contributed by atoms with Crippen LogP contribution in [0.4, 0.5) is 20.2 Å². The van der Waals surface area contributed by atoms with Gasteiger partial charge in [-0.1, -0.05) is 297 Å². The van der Waals surface area contributed by atoms with Gasteiger partial charge in [-0.2, -0.15) is 0 Å². The Morgan fingerprint density at radius 2 is 1.25 bits per heavy atom. The van der Waals surface area contributed by atoms with Crippen LogP contribution in [0.15, 0.2) is 389 Å². The third kappa shape index (κ3) is 13.6. The van der Waals surface area contributed by atoms with E-state index in [1.807, 2.05) is 23.9 Å². The Kier molecular flexibility index (Phi) is 20.4. The summed E-state index contributed by atoms with van der Waals surface area (Å²) in [4.78, 5) is 6.68. The van der Waals surface area contributed by atoms with E-state index in [2.05, 4.69) is 327 Å². The molecule has 12 atom stereocenters. The summed E-state index contributed by atoms with van der Waals surface area (Å²) in [6.45, 7) is 8.08. The highest BCUT2D eigenvalue weighted by Gasteiger charge is 2.53. The average molecular weight is 1570 g/mol. The second-order valence-electron chi connectivity index (χ2n) is 35.7. The van der Waals surface area contributed by atoms with E-state index in [0.29, 0.717) is 62.2 Å². The van der Waals surface area contributed by atoms with Crippen molar-refractivity contribution in [2.75, 3.05) is 4.90 Å². The molecule has 0 saturated carbocycles. The molecule has 0 spiro atoms. The van der Waals surface area contributed by atoms with E-state index in [1.165, 1.54) is 158 Å². The lowest BCUT2D eigenvalue weighted by molar-refractivity contribution is 0.302. The predicted molar refractivity (Wildman–Crippen MR) is 496 cm³/mol. The Morgan fingerprint density at radius 3 is 1.99 bits per heavy atom. The molecule has 0 amide bonds. The number of thioether (sulfide) groups is 1. The van der Waals surface area contributed by atoms with Crippen LogP contribution in [0.25, 0.3) is 34.4 Å². The molecule has 6 aromatic rings. The lowest BCUT2D eigenvalue weighted by Gasteiger charge is -2.42. The molecule has 12 unspecified atom stereocenters. The molecule has 0 bridgehead atoms. The van der Waals surface area contributed by atoms with Crippen LogP contribution in [0.1, 0.15) is 190 Å². The number of fused-ring (bicyclic) bond motifs is 7. The Bertz CT molecular complexity index is 5850. The lowest BCUT2D eigenvalue weighted by Crippen LogP contribution is -2.34. The van der Waals surface area contributed by atoms with Crippen LogP contribution in [-0.2, 0) is 10.8 Å². The van der Waals surface area contributed by atoms with E-state index in [1.54, 1.807) is 5.57 Å². The van der Waals surface area contributed by atoms with Crippen LogP contribution in [0.3, 0.4) is 0 Å². The molecular weight excluding hydrogens is 1470 g/mol. The van der Waals surface area contributed by atoms with Crippen LogP contribution in [0.5, 0.6) is 0 Å². The molecule has 0 saturated heterocycles. The number of nitrogens with zero attached hydrogens (tertiary/aromatic N) is 2. The van der Waals surface area contributed by atoms with Gasteiger partial charge in [-0.05, 0) is 295 Å². The summed E-state index contributed by atoms with van der Waals surface area (Å²) in [7, 11) is 0. The van der Waals surface area contributed by atoms with Crippen LogP contribution in [-0.4, -0.2) is 28.5 Å². The van der Waals surface area contributed by atoms with Crippen molar-refractivity contribution >= 4 is 46.4 Å². The first-order valence-corrected chi connectivity index (χ1v) is 45.6. The molecule has 6 aromatic carbocycles. The van der Waals surface area contributed by atoms with Crippen molar-refractivity contribution in [3.63, 3.8) is 0 Å². The van der Waals surface area contributed by atoms with Gasteiger partial charge in [0.1, 0.15) is 12.3 Å². The van der Waals surface area contributed by atoms with Gasteiger partial charge in [-0.25, -0.2) is 8.78 Å². The van der Waals surface area contributed by atoms with Gasteiger partial charge in [0, 0.05) is 62.3 Å². The zero-order chi connectivity index (χ0) is 79.7. The average Bonchev–Trinajstić information content (AvgIpc) is 1.54. The molecule has 0 N–H and O–H groups in total. The number of rotatable bonds is 18. The monoisotopic (exact) mass is 1570 g/mol. The Morgan fingerprint density at radius 1 is 0.496 bits per heavy atom. The fourth-order valence-electron chi connectivity index (χ4n) is 23.1. The van der Waals surface area contributed by atoms with Crippen LogP contribution in [0, 0.1) is 23.7 Å². The summed E-state index contributed by atoms with van der Waals surface area (Å²) < 4.78 is 31.5. The number of alkyl halides is 2. The van der Waals surface area contributed by atoms with Gasteiger partial charge in [-0.3, -0.25) is 0 Å². The summed E-state index contributed by atoms with van der Waals surface area (Å²) >= 11 is 2.03. The first-order chi connectivity index (χ1) is 58.6. The molecule has 119 heavy (non-hydrogen) atoms. The Balaban J connectivity index is 0.661. The van der Waals surface area contributed by atoms with Crippen molar-refractivity contribution in [2.24, 2.45) is 23.7 Å². The molecule has 2 nitrogen and oxygen atoms in total. The molecule has 15 aliphatic rings. The zero-order valence-corrected chi connectivity index (χ0v) is 69.2. The smallest absolute Gasteiger partial charge is 0.104 e. The fourth-order valence-corrected chi connectivity index (χ4v) is 24.6. The molecule has 0 aromatic heterocycles. The largest absolute Gasteiger partial charge is 0.334 e. The van der Waals surface area contributed by atoms with Crippen molar-refractivity contribution < 1.29 is 8.78 Å². The number of benzene rings is 6. The van der Waals surface area contributed by atoms with Crippen LogP contribution >= 0.6 is 11.8 Å². The van der Waals surface area contributed by atoms with Crippen molar-refractivity contribution in [2.45, 2.75) is 180 Å². The van der Waals surface area contributed by atoms with E-state index in [4.69, 9.17) is 0 Å². The summed E-state index contributed by atoms with van der Waals surface area (Å²) in [5, 5.41) is 0.147. The summed E-state index contributed by atoms with van der Waals surface area (Å²) in [5.41, 5.74) is 34.1. The fraction of sp³-hybridized carbons (Fsp3) is 0.281. The summed E-state index contributed by atoms with van der Waals surface area (Å²) in [5.74, 6) is 2.29. The van der Waals surface area contributed by atoms with E-state index >= 15 is 8.78 Å². The number of hydrogen-bond donors (Lipinski definition) is 0. The summed E-state index contributed by atoms with van der Waals surface area (Å²) in [6, 6.07) is 51.2.